The van der Waals surface area contributed by atoms with E-state index in [1.165, 1.54) is 56.9 Å². The summed E-state index contributed by atoms with van der Waals surface area (Å²) in [5.41, 5.74) is 2.34. The molecule has 0 aromatic carbocycles. The maximum absolute atomic E-state index is 11.9. The van der Waals surface area contributed by atoms with Gasteiger partial charge in [-0.2, -0.15) is 0 Å². The Bertz CT molecular complexity index is 746. The molecule has 4 aliphatic carbocycles. The van der Waals surface area contributed by atoms with Crippen molar-refractivity contribution in [2.24, 2.45) is 46.3 Å². The van der Waals surface area contributed by atoms with Crippen LogP contribution in [0.1, 0.15) is 105 Å². The summed E-state index contributed by atoms with van der Waals surface area (Å²) in [5.74, 6) is 4.60. The summed E-state index contributed by atoms with van der Waals surface area (Å²) in [6.07, 6.45) is 16.4. The van der Waals surface area contributed by atoms with Crippen molar-refractivity contribution in [2.45, 2.75) is 116 Å². The minimum absolute atomic E-state index is 0.0650. The van der Waals surface area contributed by atoms with Crippen LogP contribution in [0.2, 0.25) is 0 Å². The number of hydrogen-bond donors (Lipinski definition) is 0. The van der Waals surface area contributed by atoms with Crippen molar-refractivity contribution in [2.75, 3.05) is 0 Å². The first-order valence-electron chi connectivity index (χ1n) is 13.7. The number of ether oxygens (including phenoxy) is 1. The molecule has 0 heterocycles. The molecule has 0 unspecified atom stereocenters. The molecule has 0 saturated heterocycles. The summed E-state index contributed by atoms with van der Waals surface area (Å²) in [6, 6.07) is 0. The number of halogens is 2. The molecule has 3 fully saturated rings. The summed E-state index contributed by atoms with van der Waals surface area (Å²) in [4.78, 5) is 10.8. The number of esters is 1. The van der Waals surface area contributed by atoms with Gasteiger partial charge in [-0.25, -0.2) is 4.79 Å². The molecule has 33 heavy (non-hydrogen) atoms. The van der Waals surface area contributed by atoms with Gasteiger partial charge in [0.25, 0.3) is 0 Å². The Morgan fingerprint density at radius 1 is 1.06 bits per heavy atom. The molecule has 0 radical (unpaired) electrons. The van der Waals surface area contributed by atoms with Gasteiger partial charge in [-0.15, -0.1) is 0 Å². The van der Waals surface area contributed by atoms with Crippen molar-refractivity contribution in [3.8, 4) is 0 Å². The van der Waals surface area contributed by atoms with Crippen LogP contribution < -0.4 is 0 Å². The van der Waals surface area contributed by atoms with Gasteiger partial charge in [0.2, 0.25) is 4.84 Å². The van der Waals surface area contributed by atoms with Crippen LogP contribution in [-0.4, -0.2) is 16.9 Å². The van der Waals surface area contributed by atoms with Crippen LogP contribution in [0.15, 0.2) is 11.6 Å². The van der Waals surface area contributed by atoms with E-state index in [-0.39, 0.29) is 11.5 Å². The summed E-state index contributed by atoms with van der Waals surface area (Å²) >= 11 is 11.4. The molecule has 3 saturated carbocycles. The van der Waals surface area contributed by atoms with E-state index in [0.29, 0.717) is 5.41 Å². The molecule has 0 N–H and O–H groups in total. The van der Waals surface area contributed by atoms with Crippen molar-refractivity contribution >= 4 is 29.2 Å². The van der Waals surface area contributed by atoms with E-state index in [2.05, 4.69) is 40.7 Å². The molecule has 4 aliphatic rings. The Kier molecular flexibility index (Phi) is 7.87. The third-order valence-corrected chi connectivity index (χ3v) is 11.1. The number of carbonyl (C=O) groups is 1. The summed E-state index contributed by atoms with van der Waals surface area (Å²) in [6.45, 7) is 12.4. The highest BCUT2D eigenvalue weighted by Crippen LogP contribution is 2.67. The minimum Gasteiger partial charge on any atom is -0.460 e. The van der Waals surface area contributed by atoms with Crippen LogP contribution in [0, 0.1) is 46.3 Å². The van der Waals surface area contributed by atoms with E-state index in [1.807, 2.05) is 0 Å². The lowest BCUT2D eigenvalue weighted by molar-refractivity contribution is -0.149. The van der Waals surface area contributed by atoms with Gasteiger partial charge in [-0.3, -0.25) is 0 Å². The Morgan fingerprint density at radius 2 is 1.82 bits per heavy atom. The quantitative estimate of drug-likeness (QED) is 0.200. The van der Waals surface area contributed by atoms with Gasteiger partial charge in [0.1, 0.15) is 6.10 Å². The molecule has 8 atom stereocenters. The molecule has 0 aromatic rings. The fourth-order valence-electron chi connectivity index (χ4n) is 8.97. The standard InChI is InChI=1S/C29H46Cl2O2/c1-18(2)7-6-8-19(3)23-11-12-24-22-10-9-20-17-21(33-27(32)26(30)31)13-15-28(20,4)25(22)14-16-29(23,24)5/h9,18-19,21-26H,6-8,10-17H2,1-5H3/t19-,21+,22-,23+,24-,25-,28+,29-/m1/s1. The molecule has 4 rings (SSSR count). The molecule has 0 bridgehead atoms. The largest absolute Gasteiger partial charge is 0.460 e. The summed E-state index contributed by atoms with van der Waals surface area (Å²) < 4.78 is 5.61. The average molecular weight is 498 g/mol. The molecule has 4 heteroatoms. The monoisotopic (exact) mass is 496 g/mol. The predicted octanol–water partition coefficient (Wildman–Crippen LogP) is 8.74. The second kappa shape index (κ2) is 10.0. The number of hydrogen-bond acceptors (Lipinski definition) is 2. The topological polar surface area (TPSA) is 26.3 Å². The lowest BCUT2D eigenvalue weighted by Crippen LogP contribution is -2.51. The fourth-order valence-corrected chi connectivity index (χ4v) is 9.07. The smallest absolute Gasteiger partial charge is 0.339 e. The third kappa shape index (κ3) is 4.91. The Morgan fingerprint density at radius 3 is 2.52 bits per heavy atom. The van der Waals surface area contributed by atoms with Crippen molar-refractivity contribution in [3.63, 3.8) is 0 Å². The van der Waals surface area contributed by atoms with Gasteiger partial charge in [-0.1, -0.05) is 88.7 Å². The molecule has 2 nitrogen and oxygen atoms in total. The maximum atomic E-state index is 11.9. The minimum atomic E-state index is -1.08. The predicted molar refractivity (Wildman–Crippen MR) is 138 cm³/mol. The van der Waals surface area contributed by atoms with Crippen LogP contribution in [0.3, 0.4) is 0 Å². The van der Waals surface area contributed by atoms with Crippen LogP contribution in [0.5, 0.6) is 0 Å². The zero-order valence-electron chi connectivity index (χ0n) is 21.5. The third-order valence-electron chi connectivity index (χ3n) is 10.7. The normalized spacial score (nSPS) is 41.2. The van der Waals surface area contributed by atoms with E-state index in [1.54, 1.807) is 0 Å². The summed E-state index contributed by atoms with van der Waals surface area (Å²) in [7, 11) is 0. The van der Waals surface area contributed by atoms with Crippen LogP contribution >= 0.6 is 23.2 Å². The second-order valence-electron chi connectivity index (χ2n) is 12.9. The lowest BCUT2D eigenvalue weighted by Gasteiger charge is -2.58. The SMILES string of the molecule is CC(C)CCC[C@@H](C)[C@@H]1CC[C@@H]2[C@H]3CC=C4C[C@@H](OC(=O)C(Cl)Cl)CC[C@]4(C)[C@@H]3CC[C@@]21C. The molecule has 0 aromatic heterocycles. The zero-order chi connectivity index (χ0) is 24.0. The van der Waals surface area contributed by atoms with Crippen LogP contribution in [0.25, 0.3) is 0 Å². The number of alkyl halides is 2. The Hall–Kier alpha value is -0.210. The van der Waals surface area contributed by atoms with E-state index in [4.69, 9.17) is 27.9 Å². The number of rotatable bonds is 7. The van der Waals surface area contributed by atoms with Crippen molar-refractivity contribution < 1.29 is 9.53 Å². The highest BCUT2D eigenvalue weighted by atomic mass is 35.5. The van der Waals surface area contributed by atoms with Gasteiger partial charge in [0, 0.05) is 6.42 Å². The molecular formula is C29H46Cl2O2. The number of carbonyl (C=O) groups excluding carboxylic acids is 1. The molecule has 0 spiro atoms. The van der Waals surface area contributed by atoms with E-state index in [0.717, 1.165) is 54.8 Å². The zero-order valence-corrected chi connectivity index (χ0v) is 23.1. The van der Waals surface area contributed by atoms with E-state index >= 15 is 0 Å². The highest BCUT2D eigenvalue weighted by Gasteiger charge is 2.59. The summed E-state index contributed by atoms with van der Waals surface area (Å²) in [5, 5.41) is 0. The maximum Gasteiger partial charge on any atom is 0.339 e. The van der Waals surface area contributed by atoms with Crippen molar-refractivity contribution in [3.05, 3.63) is 11.6 Å². The van der Waals surface area contributed by atoms with Crippen molar-refractivity contribution in [1.29, 1.82) is 0 Å². The van der Waals surface area contributed by atoms with Crippen LogP contribution in [0.4, 0.5) is 0 Å². The number of fused-ring (bicyclic) bond motifs is 5. The molecule has 188 valence electrons. The van der Waals surface area contributed by atoms with Crippen LogP contribution in [-0.2, 0) is 9.53 Å². The fraction of sp³-hybridized carbons (Fsp3) is 0.897. The lowest BCUT2D eigenvalue weighted by atomic mass is 9.47. The van der Waals surface area contributed by atoms with Gasteiger partial charge in [0.05, 0.1) is 0 Å². The average Bonchev–Trinajstić information content (AvgIpc) is 3.11. The first-order chi connectivity index (χ1) is 15.6. The molecular weight excluding hydrogens is 451 g/mol. The van der Waals surface area contributed by atoms with Gasteiger partial charge >= 0.3 is 5.97 Å². The Labute approximate surface area is 212 Å². The van der Waals surface area contributed by atoms with Crippen molar-refractivity contribution in [1.82, 2.24) is 0 Å². The highest BCUT2D eigenvalue weighted by molar-refractivity contribution is 6.52. The van der Waals surface area contributed by atoms with Gasteiger partial charge in [-0.05, 0) is 91.3 Å². The molecule has 0 amide bonds. The first-order valence-corrected chi connectivity index (χ1v) is 14.6. The van der Waals surface area contributed by atoms with E-state index in [9.17, 15) is 4.79 Å². The Balaban J connectivity index is 1.45. The first kappa shape index (κ1) is 25.9. The van der Waals surface area contributed by atoms with Gasteiger partial charge < -0.3 is 4.74 Å². The van der Waals surface area contributed by atoms with E-state index < -0.39 is 10.8 Å². The second-order valence-corrected chi connectivity index (χ2v) is 14.0. The molecule has 0 aliphatic heterocycles. The van der Waals surface area contributed by atoms with Gasteiger partial charge in [0.15, 0.2) is 0 Å². The number of allylic oxidation sites excluding steroid dienone is 1.